The standard InChI is InChI=1S/C15H14BrClO/c1-10-5-6-12(9-14(10)16)15(18)8-11-3-2-4-13(17)7-11/h2-7,9,15,18H,8H2,1H3. The van der Waals surface area contributed by atoms with Crippen LogP contribution >= 0.6 is 27.5 Å². The molecule has 94 valence electrons. The summed E-state index contributed by atoms with van der Waals surface area (Å²) in [6.07, 6.45) is 0.0520. The van der Waals surface area contributed by atoms with Crippen LogP contribution in [0.25, 0.3) is 0 Å². The Labute approximate surface area is 121 Å². The minimum atomic E-state index is -0.514. The largest absolute Gasteiger partial charge is 0.388 e. The van der Waals surface area contributed by atoms with Gasteiger partial charge in [-0.2, -0.15) is 0 Å². The Kier molecular flexibility index (Phi) is 4.44. The molecule has 0 aliphatic carbocycles. The van der Waals surface area contributed by atoms with Gasteiger partial charge >= 0.3 is 0 Å². The van der Waals surface area contributed by atoms with Gasteiger partial charge in [-0.15, -0.1) is 0 Å². The van der Waals surface area contributed by atoms with E-state index in [1.165, 1.54) is 0 Å². The molecule has 0 aliphatic rings. The third kappa shape index (κ3) is 3.35. The van der Waals surface area contributed by atoms with Gasteiger partial charge in [-0.3, -0.25) is 0 Å². The molecular formula is C15H14BrClO. The molecule has 0 heterocycles. The first-order chi connectivity index (χ1) is 8.56. The topological polar surface area (TPSA) is 20.2 Å². The molecular weight excluding hydrogens is 312 g/mol. The van der Waals surface area contributed by atoms with E-state index in [2.05, 4.69) is 15.9 Å². The van der Waals surface area contributed by atoms with Gasteiger partial charge in [0, 0.05) is 15.9 Å². The van der Waals surface area contributed by atoms with Gasteiger partial charge in [0.2, 0.25) is 0 Å². The third-order valence-corrected chi connectivity index (χ3v) is 3.99. The van der Waals surface area contributed by atoms with Gasteiger partial charge in [0.05, 0.1) is 6.10 Å². The molecule has 1 nitrogen and oxygen atoms in total. The quantitative estimate of drug-likeness (QED) is 0.868. The fourth-order valence-electron chi connectivity index (χ4n) is 1.82. The van der Waals surface area contributed by atoms with Gasteiger partial charge < -0.3 is 5.11 Å². The first-order valence-corrected chi connectivity index (χ1v) is 6.92. The normalized spacial score (nSPS) is 12.4. The molecule has 0 aromatic heterocycles. The van der Waals surface area contributed by atoms with Crippen molar-refractivity contribution >= 4 is 27.5 Å². The van der Waals surface area contributed by atoms with E-state index >= 15 is 0 Å². The van der Waals surface area contributed by atoms with E-state index in [1.807, 2.05) is 49.4 Å². The predicted molar refractivity (Wildman–Crippen MR) is 79.0 cm³/mol. The zero-order valence-electron chi connectivity index (χ0n) is 10.0. The van der Waals surface area contributed by atoms with Gasteiger partial charge in [0.1, 0.15) is 0 Å². The SMILES string of the molecule is Cc1ccc(C(O)Cc2cccc(Cl)c2)cc1Br. The van der Waals surface area contributed by atoms with Crippen molar-refractivity contribution in [2.45, 2.75) is 19.4 Å². The minimum absolute atomic E-state index is 0.514. The van der Waals surface area contributed by atoms with Gasteiger partial charge in [0.15, 0.2) is 0 Å². The molecule has 2 aromatic rings. The Morgan fingerprint density at radius 1 is 1.22 bits per heavy atom. The van der Waals surface area contributed by atoms with Crippen LogP contribution in [0.1, 0.15) is 22.8 Å². The fraction of sp³-hybridized carbons (Fsp3) is 0.200. The number of aliphatic hydroxyl groups excluding tert-OH is 1. The number of rotatable bonds is 3. The summed E-state index contributed by atoms with van der Waals surface area (Å²) in [7, 11) is 0. The van der Waals surface area contributed by atoms with E-state index in [4.69, 9.17) is 11.6 Å². The molecule has 0 bridgehead atoms. The molecule has 18 heavy (non-hydrogen) atoms. The summed E-state index contributed by atoms with van der Waals surface area (Å²) in [5, 5.41) is 10.9. The average molecular weight is 326 g/mol. The van der Waals surface area contributed by atoms with Crippen molar-refractivity contribution < 1.29 is 5.11 Å². The molecule has 0 saturated carbocycles. The Hall–Kier alpha value is -0.830. The molecule has 2 rings (SSSR count). The van der Waals surface area contributed by atoms with Crippen LogP contribution in [0, 0.1) is 6.92 Å². The summed E-state index contributed by atoms with van der Waals surface area (Å²) >= 11 is 9.41. The Balaban J connectivity index is 2.16. The van der Waals surface area contributed by atoms with Crippen LogP contribution in [0.15, 0.2) is 46.9 Å². The molecule has 2 aromatic carbocycles. The van der Waals surface area contributed by atoms with Crippen molar-refractivity contribution in [3.8, 4) is 0 Å². The van der Waals surface area contributed by atoms with Gasteiger partial charge in [-0.1, -0.05) is 51.8 Å². The zero-order chi connectivity index (χ0) is 13.1. The maximum Gasteiger partial charge on any atom is 0.0830 e. The molecule has 1 atom stereocenters. The second-order valence-electron chi connectivity index (χ2n) is 4.36. The number of hydrogen-bond acceptors (Lipinski definition) is 1. The summed E-state index contributed by atoms with van der Waals surface area (Å²) in [5.41, 5.74) is 3.10. The number of hydrogen-bond donors (Lipinski definition) is 1. The lowest BCUT2D eigenvalue weighted by atomic mass is 10.0. The second-order valence-corrected chi connectivity index (χ2v) is 5.65. The number of benzene rings is 2. The predicted octanol–water partition coefficient (Wildman–Crippen LogP) is 4.69. The maximum atomic E-state index is 10.2. The highest BCUT2D eigenvalue weighted by Crippen LogP contribution is 2.24. The van der Waals surface area contributed by atoms with E-state index < -0.39 is 6.10 Å². The van der Waals surface area contributed by atoms with Crippen LogP contribution in [0.2, 0.25) is 5.02 Å². The molecule has 0 aliphatic heterocycles. The third-order valence-electron chi connectivity index (χ3n) is 2.90. The number of aliphatic hydroxyl groups is 1. The highest BCUT2D eigenvalue weighted by molar-refractivity contribution is 9.10. The Bertz CT molecular complexity index is 554. The molecule has 1 unspecified atom stereocenters. The summed E-state index contributed by atoms with van der Waals surface area (Å²) in [6.45, 7) is 2.03. The summed E-state index contributed by atoms with van der Waals surface area (Å²) in [6, 6.07) is 13.5. The van der Waals surface area contributed by atoms with Crippen molar-refractivity contribution in [1.82, 2.24) is 0 Å². The molecule has 1 N–H and O–H groups in total. The molecule has 0 spiro atoms. The van der Waals surface area contributed by atoms with E-state index in [1.54, 1.807) is 0 Å². The van der Waals surface area contributed by atoms with Gasteiger partial charge in [-0.25, -0.2) is 0 Å². The van der Waals surface area contributed by atoms with Crippen LogP contribution in [0.3, 0.4) is 0 Å². The lowest BCUT2D eigenvalue weighted by Gasteiger charge is -2.12. The average Bonchev–Trinajstić information content (AvgIpc) is 2.32. The summed E-state index contributed by atoms with van der Waals surface area (Å²) in [5.74, 6) is 0. The van der Waals surface area contributed by atoms with Crippen molar-refractivity contribution in [2.75, 3.05) is 0 Å². The Morgan fingerprint density at radius 2 is 2.00 bits per heavy atom. The smallest absolute Gasteiger partial charge is 0.0830 e. The molecule has 0 saturated heterocycles. The first-order valence-electron chi connectivity index (χ1n) is 5.75. The summed E-state index contributed by atoms with van der Waals surface area (Å²) in [4.78, 5) is 0. The highest BCUT2D eigenvalue weighted by Gasteiger charge is 2.10. The lowest BCUT2D eigenvalue weighted by molar-refractivity contribution is 0.178. The number of halogens is 2. The zero-order valence-corrected chi connectivity index (χ0v) is 12.4. The van der Waals surface area contributed by atoms with Crippen molar-refractivity contribution in [2.24, 2.45) is 0 Å². The monoisotopic (exact) mass is 324 g/mol. The van der Waals surface area contributed by atoms with Crippen LogP contribution in [0.4, 0.5) is 0 Å². The second kappa shape index (κ2) is 5.87. The lowest BCUT2D eigenvalue weighted by Crippen LogP contribution is -2.02. The highest BCUT2D eigenvalue weighted by atomic mass is 79.9. The molecule has 0 fully saturated rings. The van der Waals surface area contributed by atoms with E-state index in [9.17, 15) is 5.11 Å². The first kappa shape index (κ1) is 13.6. The van der Waals surface area contributed by atoms with Crippen molar-refractivity contribution in [3.05, 3.63) is 68.7 Å². The molecule has 0 radical (unpaired) electrons. The van der Waals surface area contributed by atoms with Crippen LogP contribution in [-0.2, 0) is 6.42 Å². The van der Waals surface area contributed by atoms with Crippen LogP contribution in [0.5, 0.6) is 0 Å². The van der Waals surface area contributed by atoms with Gasteiger partial charge in [0.25, 0.3) is 0 Å². The van der Waals surface area contributed by atoms with Crippen molar-refractivity contribution in [1.29, 1.82) is 0 Å². The van der Waals surface area contributed by atoms with Crippen LogP contribution in [-0.4, -0.2) is 5.11 Å². The summed E-state index contributed by atoms with van der Waals surface area (Å²) < 4.78 is 1.02. The fourth-order valence-corrected chi connectivity index (χ4v) is 2.43. The van der Waals surface area contributed by atoms with Crippen molar-refractivity contribution in [3.63, 3.8) is 0 Å². The Morgan fingerprint density at radius 3 is 2.67 bits per heavy atom. The maximum absolute atomic E-state index is 10.2. The van der Waals surface area contributed by atoms with Gasteiger partial charge in [-0.05, 0) is 41.8 Å². The number of aryl methyl sites for hydroxylation is 1. The van der Waals surface area contributed by atoms with E-state index in [0.29, 0.717) is 11.4 Å². The minimum Gasteiger partial charge on any atom is -0.388 e. The molecule has 0 amide bonds. The molecule has 3 heteroatoms. The van der Waals surface area contributed by atoms with E-state index in [0.717, 1.165) is 21.2 Å². The van der Waals surface area contributed by atoms with Crippen LogP contribution < -0.4 is 0 Å². The van der Waals surface area contributed by atoms with E-state index in [-0.39, 0.29) is 0 Å².